The highest BCUT2D eigenvalue weighted by molar-refractivity contribution is 6.81. The van der Waals surface area contributed by atoms with Gasteiger partial charge in [0.25, 0.3) is 0 Å². The maximum Gasteiger partial charge on any atom is 0.0643 e. The molecule has 3 rings (SSSR count). The van der Waals surface area contributed by atoms with Gasteiger partial charge in [0.2, 0.25) is 0 Å². The summed E-state index contributed by atoms with van der Waals surface area (Å²) in [7, 11) is -1.30. The third kappa shape index (κ3) is 1.88. The van der Waals surface area contributed by atoms with Gasteiger partial charge in [-0.2, -0.15) is 0 Å². The molecule has 0 amide bonds. The van der Waals surface area contributed by atoms with Crippen molar-refractivity contribution in [3.05, 3.63) is 71.8 Å². The molecule has 1 aliphatic rings. The monoisotopic (exact) mass is 266 g/mol. The molecule has 2 aromatic carbocycles. The largest absolute Gasteiger partial charge is 0.0684 e. The first-order valence-corrected chi connectivity index (χ1v) is 10.5. The van der Waals surface area contributed by atoms with Crippen molar-refractivity contribution in [3.8, 4) is 0 Å². The van der Waals surface area contributed by atoms with Crippen LogP contribution in [0.2, 0.25) is 19.1 Å². The van der Waals surface area contributed by atoms with E-state index in [1.807, 2.05) is 0 Å². The molecule has 0 nitrogen and oxygen atoms in total. The van der Waals surface area contributed by atoms with Crippen molar-refractivity contribution in [2.24, 2.45) is 0 Å². The fraction of sp³-hybridized carbons (Fsp3) is 0.333. The minimum atomic E-state index is -1.30. The Bertz CT molecular complexity index is 503. The standard InChI is InChI=1S/C18H22Si/c1-19(2)15-9-14-18(19,16-10-5-3-6-11-16)17-12-7-4-8-13-17/h3-8,10-13H,9,14-15H2,1-2H3. The molecule has 0 saturated carbocycles. The first-order valence-electron chi connectivity index (χ1n) is 7.28. The summed E-state index contributed by atoms with van der Waals surface area (Å²) in [6.07, 6.45) is 2.70. The van der Waals surface area contributed by atoms with Gasteiger partial charge in [0.1, 0.15) is 0 Å². The van der Waals surface area contributed by atoms with E-state index in [4.69, 9.17) is 0 Å². The summed E-state index contributed by atoms with van der Waals surface area (Å²) in [4.78, 5) is 0. The van der Waals surface area contributed by atoms with Crippen LogP contribution >= 0.6 is 0 Å². The quantitative estimate of drug-likeness (QED) is 0.670. The average molecular weight is 266 g/mol. The SMILES string of the molecule is C[Si]1(C)CCCC1(c1ccccc1)c1ccccc1. The molecule has 1 saturated heterocycles. The molecular weight excluding hydrogens is 244 g/mol. The summed E-state index contributed by atoms with van der Waals surface area (Å²) < 4.78 is 0. The molecule has 19 heavy (non-hydrogen) atoms. The molecule has 1 fully saturated rings. The lowest BCUT2D eigenvalue weighted by Gasteiger charge is -2.41. The van der Waals surface area contributed by atoms with E-state index in [0.29, 0.717) is 5.04 Å². The van der Waals surface area contributed by atoms with Crippen LogP contribution in [0, 0.1) is 0 Å². The maximum atomic E-state index is 2.57. The zero-order chi connectivity index (χ0) is 13.3. The molecule has 0 spiro atoms. The molecule has 0 unspecified atom stereocenters. The van der Waals surface area contributed by atoms with Crippen LogP contribution in [-0.4, -0.2) is 8.07 Å². The fourth-order valence-corrected chi connectivity index (χ4v) is 8.27. The Labute approximate surface area is 117 Å². The van der Waals surface area contributed by atoms with E-state index < -0.39 is 8.07 Å². The smallest absolute Gasteiger partial charge is 0.0643 e. The van der Waals surface area contributed by atoms with Gasteiger partial charge in [0.15, 0.2) is 0 Å². The van der Waals surface area contributed by atoms with Crippen molar-refractivity contribution in [1.29, 1.82) is 0 Å². The molecule has 0 aromatic heterocycles. The number of rotatable bonds is 2. The van der Waals surface area contributed by atoms with Crippen molar-refractivity contribution < 1.29 is 0 Å². The summed E-state index contributed by atoms with van der Waals surface area (Å²) in [5.41, 5.74) is 3.07. The zero-order valence-corrected chi connectivity index (χ0v) is 12.9. The number of hydrogen-bond acceptors (Lipinski definition) is 0. The van der Waals surface area contributed by atoms with Gasteiger partial charge >= 0.3 is 0 Å². The maximum absolute atomic E-state index is 2.57. The lowest BCUT2D eigenvalue weighted by molar-refractivity contribution is 0.661. The summed E-state index contributed by atoms with van der Waals surface area (Å²) in [5, 5.41) is 0.315. The minimum absolute atomic E-state index is 0.315. The van der Waals surface area contributed by atoms with Crippen LogP contribution in [0.5, 0.6) is 0 Å². The van der Waals surface area contributed by atoms with Crippen LogP contribution in [-0.2, 0) is 5.04 Å². The highest BCUT2D eigenvalue weighted by Gasteiger charge is 2.52. The highest BCUT2D eigenvalue weighted by atomic mass is 28.3. The second-order valence-electron chi connectivity index (χ2n) is 6.37. The van der Waals surface area contributed by atoms with Gasteiger partial charge in [0, 0.05) is 5.04 Å². The summed E-state index contributed by atoms with van der Waals surface area (Å²) in [6, 6.07) is 23.9. The van der Waals surface area contributed by atoms with E-state index in [9.17, 15) is 0 Å². The molecule has 0 bridgehead atoms. The number of benzene rings is 2. The van der Waals surface area contributed by atoms with Gasteiger partial charge in [-0.3, -0.25) is 0 Å². The molecule has 0 aliphatic carbocycles. The van der Waals surface area contributed by atoms with Crippen LogP contribution in [0.1, 0.15) is 24.0 Å². The van der Waals surface area contributed by atoms with E-state index in [1.54, 1.807) is 0 Å². The Morgan fingerprint density at radius 3 is 1.63 bits per heavy atom. The molecule has 98 valence electrons. The van der Waals surface area contributed by atoms with Crippen LogP contribution in [0.4, 0.5) is 0 Å². The predicted octanol–water partition coefficient (Wildman–Crippen LogP) is 5.01. The predicted molar refractivity (Wildman–Crippen MR) is 85.2 cm³/mol. The third-order valence-electron chi connectivity index (χ3n) is 5.04. The zero-order valence-electron chi connectivity index (χ0n) is 11.9. The van der Waals surface area contributed by atoms with Crippen LogP contribution in [0.15, 0.2) is 60.7 Å². The van der Waals surface area contributed by atoms with Gasteiger partial charge in [0.05, 0.1) is 8.07 Å². The van der Waals surface area contributed by atoms with Crippen LogP contribution < -0.4 is 0 Å². The van der Waals surface area contributed by atoms with Gasteiger partial charge in [-0.1, -0.05) is 86.2 Å². The molecule has 0 radical (unpaired) electrons. The molecule has 1 heterocycles. The Morgan fingerprint density at radius 2 is 1.26 bits per heavy atom. The van der Waals surface area contributed by atoms with E-state index in [-0.39, 0.29) is 0 Å². The molecule has 2 aromatic rings. The van der Waals surface area contributed by atoms with Gasteiger partial charge in [-0.25, -0.2) is 0 Å². The Balaban J connectivity index is 2.23. The Kier molecular flexibility index (Phi) is 3.10. The first kappa shape index (κ1) is 12.7. The van der Waals surface area contributed by atoms with Crippen molar-refractivity contribution in [1.82, 2.24) is 0 Å². The van der Waals surface area contributed by atoms with Gasteiger partial charge in [-0.05, 0) is 17.5 Å². The van der Waals surface area contributed by atoms with Gasteiger partial charge < -0.3 is 0 Å². The Morgan fingerprint density at radius 1 is 0.789 bits per heavy atom. The third-order valence-corrected chi connectivity index (χ3v) is 9.78. The van der Waals surface area contributed by atoms with E-state index >= 15 is 0 Å². The molecule has 0 N–H and O–H groups in total. The summed E-state index contributed by atoms with van der Waals surface area (Å²) >= 11 is 0. The van der Waals surface area contributed by atoms with E-state index in [1.165, 1.54) is 30.0 Å². The van der Waals surface area contributed by atoms with Crippen molar-refractivity contribution >= 4 is 8.07 Å². The number of hydrogen-bond donors (Lipinski definition) is 0. The van der Waals surface area contributed by atoms with Crippen LogP contribution in [0.3, 0.4) is 0 Å². The summed E-state index contributed by atoms with van der Waals surface area (Å²) in [5.74, 6) is 0. The lowest BCUT2D eigenvalue weighted by atomic mass is 9.87. The normalized spacial score (nSPS) is 20.3. The van der Waals surface area contributed by atoms with Crippen molar-refractivity contribution in [2.45, 2.75) is 37.0 Å². The lowest BCUT2D eigenvalue weighted by Crippen LogP contribution is -2.48. The molecule has 1 aliphatic heterocycles. The van der Waals surface area contributed by atoms with E-state index in [2.05, 4.69) is 73.8 Å². The average Bonchev–Trinajstić information content (AvgIpc) is 2.77. The highest BCUT2D eigenvalue weighted by Crippen LogP contribution is 2.51. The fourth-order valence-electron chi connectivity index (χ4n) is 4.03. The molecule has 0 atom stereocenters. The first-order chi connectivity index (χ1) is 9.17. The molecule has 1 heteroatoms. The van der Waals surface area contributed by atoms with Gasteiger partial charge in [-0.15, -0.1) is 0 Å². The topological polar surface area (TPSA) is 0 Å². The second-order valence-corrected chi connectivity index (χ2v) is 11.5. The second kappa shape index (κ2) is 4.64. The minimum Gasteiger partial charge on any atom is -0.0684 e. The molecular formula is C18H22Si. The van der Waals surface area contributed by atoms with E-state index in [0.717, 1.165) is 0 Å². The van der Waals surface area contributed by atoms with Crippen LogP contribution in [0.25, 0.3) is 0 Å². The van der Waals surface area contributed by atoms with Crippen molar-refractivity contribution in [3.63, 3.8) is 0 Å². The Hall–Kier alpha value is -1.34. The summed E-state index contributed by atoms with van der Waals surface area (Å²) in [6.45, 7) is 5.14. The van der Waals surface area contributed by atoms with Crippen molar-refractivity contribution in [2.75, 3.05) is 0 Å².